The molecule has 0 atom stereocenters. The number of nitrogens with two attached hydrogens (primary N) is 1. The van der Waals surface area contributed by atoms with Crippen molar-refractivity contribution >= 4 is 17.6 Å². The fourth-order valence-electron chi connectivity index (χ4n) is 1.59. The summed E-state index contributed by atoms with van der Waals surface area (Å²) < 4.78 is 5.54. The Balaban J connectivity index is 2.37. The van der Waals surface area contributed by atoms with Crippen LogP contribution < -0.4 is 5.73 Å². The number of aromatic nitrogens is 3. The van der Waals surface area contributed by atoms with Gasteiger partial charge in [0.1, 0.15) is 22.9 Å². The smallest absolute Gasteiger partial charge is 0.262 e. The summed E-state index contributed by atoms with van der Waals surface area (Å²) in [5, 5.41) is 1.39. The van der Waals surface area contributed by atoms with Crippen molar-refractivity contribution < 1.29 is 4.42 Å². The second-order valence-electron chi connectivity index (χ2n) is 4.36. The van der Waals surface area contributed by atoms with Gasteiger partial charge < -0.3 is 10.2 Å². The lowest BCUT2D eigenvalue weighted by atomic mass is 10.1. The van der Waals surface area contributed by atoms with Crippen molar-refractivity contribution in [3.63, 3.8) is 0 Å². The van der Waals surface area contributed by atoms with Gasteiger partial charge in [0.05, 0.1) is 5.69 Å². The maximum absolute atomic E-state index is 5.90. The van der Waals surface area contributed by atoms with Gasteiger partial charge in [0.15, 0.2) is 0 Å². The fraction of sp³-hybridized carbons (Fsp3) is 0.417. The number of nitrogens with zero attached hydrogens (tertiary/aromatic N) is 3. The Morgan fingerprint density at radius 2 is 2.00 bits per heavy atom. The van der Waals surface area contributed by atoms with Gasteiger partial charge >= 0.3 is 0 Å². The first-order valence-electron chi connectivity index (χ1n) is 5.71. The first-order chi connectivity index (χ1) is 8.49. The molecule has 2 rings (SSSR count). The second kappa shape index (κ2) is 4.97. The van der Waals surface area contributed by atoms with E-state index in [1.54, 1.807) is 0 Å². The summed E-state index contributed by atoms with van der Waals surface area (Å²) in [4.78, 5) is 12.6. The molecule has 0 aliphatic carbocycles. The fourth-order valence-corrected chi connectivity index (χ4v) is 2.65. The van der Waals surface area contributed by atoms with Crippen LogP contribution in [0.5, 0.6) is 0 Å². The van der Waals surface area contributed by atoms with E-state index in [9.17, 15) is 0 Å². The van der Waals surface area contributed by atoms with Gasteiger partial charge in [0.25, 0.3) is 5.22 Å². The number of oxazole rings is 1. The highest BCUT2D eigenvalue weighted by atomic mass is 32.2. The van der Waals surface area contributed by atoms with E-state index in [1.807, 2.05) is 13.8 Å². The van der Waals surface area contributed by atoms with Gasteiger partial charge in [0.2, 0.25) is 0 Å². The van der Waals surface area contributed by atoms with Crippen molar-refractivity contribution in [2.24, 2.45) is 0 Å². The molecule has 0 saturated carbocycles. The lowest BCUT2D eigenvalue weighted by Gasteiger charge is -2.11. The summed E-state index contributed by atoms with van der Waals surface area (Å²) in [7, 11) is 0. The highest BCUT2D eigenvalue weighted by Crippen LogP contribution is 2.34. The average molecular weight is 264 g/mol. The van der Waals surface area contributed by atoms with Crippen molar-refractivity contribution in [3.05, 3.63) is 23.3 Å². The van der Waals surface area contributed by atoms with Crippen LogP contribution in [-0.4, -0.2) is 15.0 Å². The molecular formula is C12H16N4OS. The first-order valence-corrected chi connectivity index (χ1v) is 6.53. The molecule has 96 valence electrons. The topological polar surface area (TPSA) is 77.8 Å². The molecule has 0 aliphatic heterocycles. The van der Waals surface area contributed by atoms with E-state index in [0.29, 0.717) is 11.0 Å². The largest absolute Gasteiger partial charge is 0.436 e. The summed E-state index contributed by atoms with van der Waals surface area (Å²) in [6.45, 7) is 7.93. The third-order valence-electron chi connectivity index (χ3n) is 2.65. The van der Waals surface area contributed by atoms with Crippen molar-refractivity contribution in [1.82, 2.24) is 15.0 Å². The first kappa shape index (κ1) is 12.9. The molecule has 0 spiro atoms. The van der Waals surface area contributed by atoms with Crippen molar-refractivity contribution in [1.29, 1.82) is 0 Å². The van der Waals surface area contributed by atoms with E-state index in [2.05, 4.69) is 28.8 Å². The number of nitrogen functional groups attached to an aromatic ring is 1. The van der Waals surface area contributed by atoms with Crippen molar-refractivity contribution in [2.75, 3.05) is 5.73 Å². The minimum absolute atomic E-state index is 0.255. The highest BCUT2D eigenvalue weighted by molar-refractivity contribution is 7.99. The predicted octanol–water partition coefficient (Wildman–Crippen LogP) is 2.94. The van der Waals surface area contributed by atoms with E-state index in [0.717, 1.165) is 22.0 Å². The van der Waals surface area contributed by atoms with Crippen LogP contribution in [0.4, 0.5) is 5.82 Å². The number of hydrogen-bond acceptors (Lipinski definition) is 6. The maximum atomic E-state index is 5.90. The van der Waals surface area contributed by atoms with Crippen LogP contribution in [-0.2, 0) is 0 Å². The lowest BCUT2D eigenvalue weighted by Crippen LogP contribution is -2.03. The molecule has 0 saturated heterocycles. The molecule has 2 N–H and O–H groups in total. The Kier molecular flexibility index (Phi) is 3.56. The van der Waals surface area contributed by atoms with Gasteiger partial charge in [-0.15, -0.1) is 0 Å². The molecule has 0 aromatic carbocycles. The standard InChI is InChI=1S/C12H16N4OS/c1-6(2)9-10(13)14-5-15-11(9)18-12-16-7(3)8(4)17-12/h5-6H,1-4H3,(H2,13,14,15). The van der Waals surface area contributed by atoms with E-state index in [-0.39, 0.29) is 5.92 Å². The molecule has 18 heavy (non-hydrogen) atoms. The summed E-state index contributed by atoms with van der Waals surface area (Å²) in [5.74, 6) is 1.60. The molecule has 0 radical (unpaired) electrons. The van der Waals surface area contributed by atoms with Gasteiger partial charge in [-0.05, 0) is 31.5 Å². The number of hydrogen-bond donors (Lipinski definition) is 1. The van der Waals surface area contributed by atoms with E-state index in [1.165, 1.54) is 18.1 Å². The highest BCUT2D eigenvalue weighted by Gasteiger charge is 2.16. The molecule has 0 amide bonds. The third kappa shape index (κ3) is 2.48. The van der Waals surface area contributed by atoms with E-state index < -0.39 is 0 Å². The molecule has 0 unspecified atom stereocenters. The van der Waals surface area contributed by atoms with Crippen LogP contribution in [0.15, 0.2) is 21.0 Å². The van der Waals surface area contributed by atoms with Crippen LogP contribution in [0.2, 0.25) is 0 Å². The molecule has 0 aliphatic rings. The van der Waals surface area contributed by atoms with Crippen LogP contribution >= 0.6 is 11.8 Å². The summed E-state index contributed by atoms with van der Waals surface area (Å²) >= 11 is 1.38. The molecule has 0 bridgehead atoms. The number of aryl methyl sites for hydroxylation is 2. The maximum Gasteiger partial charge on any atom is 0.262 e. The predicted molar refractivity (Wildman–Crippen MR) is 70.6 cm³/mol. The summed E-state index contributed by atoms with van der Waals surface area (Å²) in [6.07, 6.45) is 1.46. The normalized spacial score (nSPS) is 11.2. The van der Waals surface area contributed by atoms with E-state index >= 15 is 0 Å². The van der Waals surface area contributed by atoms with Crippen molar-refractivity contribution in [2.45, 2.75) is 43.9 Å². The molecule has 0 fully saturated rings. The number of rotatable bonds is 3. The Hall–Kier alpha value is -1.56. The third-order valence-corrected chi connectivity index (χ3v) is 3.52. The number of anilines is 1. The van der Waals surface area contributed by atoms with Crippen LogP contribution in [0.3, 0.4) is 0 Å². The molecule has 2 aromatic rings. The van der Waals surface area contributed by atoms with Crippen LogP contribution in [0, 0.1) is 13.8 Å². The van der Waals surface area contributed by atoms with Gasteiger partial charge in [-0.25, -0.2) is 15.0 Å². The lowest BCUT2D eigenvalue weighted by molar-refractivity contribution is 0.431. The monoisotopic (exact) mass is 264 g/mol. The summed E-state index contributed by atoms with van der Waals surface area (Å²) in [5.41, 5.74) is 7.73. The molecular weight excluding hydrogens is 248 g/mol. The van der Waals surface area contributed by atoms with Crippen LogP contribution in [0.25, 0.3) is 0 Å². The summed E-state index contributed by atoms with van der Waals surface area (Å²) in [6, 6.07) is 0. The van der Waals surface area contributed by atoms with Gasteiger partial charge in [0, 0.05) is 5.56 Å². The molecule has 5 nitrogen and oxygen atoms in total. The quantitative estimate of drug-likeness (QED) is 0.859. The molecule has 6 heteroatoms. The minimum atomic E-state index is 0.255. The second-order valence-corrected chi connectivity index (χ2v) is 5.30. The van der Waals surface area contributed by atoms with Gasteiger partial charge in [-0.2, -0.15) is 0 Å². The average Bonchev–Trinajstić information content (AvgIpc) is 2.57. The van der Waals surface area contributed by atoms with Gasteiger partial charge in [-0.3, -0.25) is 0 Å². The Morgan fingerprint density at radius 3 is 2.56 bits per heavy atom. The zero-order chi connectivity index (χ0) is 13.3. The van der Waals surface area contributed by atoms with E-state index in [4.69, 9.17) is 10.2 Å². The van der Waals surface area contributed by atoms with Crippen molar-refractivity contribution in [3.8, 4) is 0 Å². The molecule has 2 aromatic heterocycles. The zero-order valence-corrected chi connectivity index (χ0v) is 11.7. The van der Waals surface area contributed by atoms with Crippen LogP contribution in [0.1, 0.15) is 36.8 Å². The van der Waals surface area contributed by atoms with Gasteiger partial charge in [-0.1, -0.05) is 13.8 Å². The SMILES string of the molecule is Cc1nc(Sc2ncnc(N)c2C(C)C)oc1C. The minimum Gasteiger partial charge on any atom is -0.436 e. The Morgan fingerprint density at radius 1 is 1.28 bits per heavy atom. The zero-order valence-electron chi connectivity index (χ0n) is 10.9. The Labute approximate surface area is 110 Å². The Bertz CT molecular complexity index is 546. The molecule has 2 heterocycles.